The Morgan fingerprint density at radius 3 is 2.80 bits per heavy atom. The number of primary amides is 1. The molecule has 1 rings (SSSR count). The van der Waals surface area contributed by atoms with Gasteiger partial charge >= 0.3 is 0 Å². The average molecular weight is 228 g/mol. The molecule has 82 valence electrons. The first-order valence-electron chi connectivity index (χ1n) is 4.67. The second-order valence-electron chi connectivity index (χ2n) is 3.44. The van der Waals surface area contributed by atoms with E-state index in [-0.39, 0.29) is 11.8 Å². The minimum atomic E-state index is -0.325. The van der Waals surface area contributed by atoms with Crippen molar-refractivity contribution in [3.63, 3.8) is 0 Å². The minimum absolute atomic E-state index is 0.227. The van der Waals surface area contributed by atoms with E-state index in [1.54, 1.807) is 20.1 Å². The van der Waals surface area contributed by atoms with Crippen LogP contribution in [0.4, 0.5) is 0 Å². The highest BCUT2D eigenvalue weighted by Gasteiger charge is 2.13. The highest BCUT2D eigenvalue weighted by atomic mass is 35.5. The van der Waals surface area contributed by atoms with E-state index in [9.17, 15) is 4.79 Å². The van der Waals surface area contributed by atoms with Gasteiger partial charge in [0, 0.05) is 5.92 Å². The molecule has 1 unspecified atom stereocenters. The molecular weight excluding hydrogens is 214 g/mol. The van der Waals surface area contributed by atoms with Crippen LogP contribution in [0.3, 0.4) is 0 Å². The van der Waals surface area contributed by atoms with E-state index < -0.39 is 0 Å². The maximum Gasteiger partial charge on any atom is 0.220 e. The summed E-state index contributed by atoms with van der Waals surface area (Å²) < 4.78 is 5.08. The number of methoxy groups -OCH3 is 1. The number of ether oxygens (including phenoxy) is 1. The van der Waals surface area contributed by atoms with Crippen molar-refractivity contribution in [3.8, 4) is 5.75 Å². The second kappa shape index (κ2) is 5.03. The van der Waals surface area contributed by atoms with Crippen LogP contribution in [0.15, 0.2) is 18.2 Å². The Balaban J connectivity index is 2.90. The van der Waals surface area contributed by atoms with Gasteiger partial charge in [-0.15, -0.1) is 0 Å². The van der Waals surface area contributed by atoms with Gasteiger partial charge in [0.05, 0.1) is 12.1 Å². The second-order valence-corrected chi connectivity index (χ2v) is 3.82. The lowest BCUT2D eigenvalue weighted by molar-refractivity contribution is -0.121. The fraction of sp³-hybridized carbons (Fsp3) is 0.364. The lowest BCUT2D eigenvalue weighted by Crippen LogP contribution is -2.22. The van der Waals surface area contributed by atoms with Crippen molar-refractivity contribution in [1.29, 1.82) is 0 Å². The first-order valence-corrected chi connectivity index (χ1v) is 5.04. The fourth-order valence-corrected chi connectivity index (χ4v) is 1.58. The number of hydrogen-bond donors (Lipinski definition) is 1. The molecule has 0 aliphatic carbocycles. The zero-order chi connectivity index (χ0) is 11.4. The van der Waals surface area contributed by atoms with Gasteiger partial charge in [0.2, 0.25) is 5.91 Å². The van der Waals surface area contributed by atoms with E-state index in [1.165, 1.54) is 0 Å². The number of carbonyl (C=O) groups excluding carboxylic acids is 1. The third kappa shape index (κ3) is 2.86. The van der Waals surface area contributed by atoms with Crippen molar-refractivity contribution in [2.75, 3.05) is 7.11 Å². The SMILES string of the molecule is COc1cccc(CC(C)C(N)=O)c1Cl. The Hall–Kier alpha value is -1.22. The molecule has 0 aliphatic rings. The monoisotopic (exact) mass is 227 g/mol. The largest absolute Gasteiger partial charge is 0.495 e. The smallest absolute Gasteiger partial charge is 0.220 e. The molecule has 0 aromatic heterocycles. The summed E-state index contributed by atoms with van der Waals surface area (Å²) in [6, 6.07) is 5.48. The van der Waals surface area contributed by atoms with Crippen LogP contribution in [0.5, 0.6) is 5.75 Å². The van der Waals surface area contributed by atoms with E-state index >= 15 is 0 Å². The van der Waals surface area contributed by atoms with Gasteiger partial charge in [-0.25, -0.2) is 0 Å². The van der Waals surface area contributed by atoms with Gasteiger partial charge in [0.15, 0.2) is 0 Å². The van der Waals surface area contributed by atoms with E-state index in [0.29, 0.717) is 17.2 Å². The number of carbonyl (C=O) groups is 1. The van der Waals surface area contributed by atoms with Crippen LogP contribution in [-0.4, -0.2) is 13.0 Å². The maximum atomic E-state index is 10.9. The molecule has 1 atom stereocenters. The standard InChI is InChI=1S/C11H14ClNO2/c1-7(11(13)14)6-8-4-3-5-9(15-2)10(8)12/h3-5,7H,6H2,1-2H3,(H2,13,14). The first kappa shape index (κ1) is 11.9. The Morgan fingerprint density at radius 1 is 1.60 bits per heavy atom. The van der Waals surface area contributed by atoms with Gasteiger partial charge in [0.1, 0.15) is 5.75 Å². The predicted octanol–water partition coefficient (Wildman–Crippen LogP) is 2.01. The summed E-state index contributed by atoms with van der Waals surface area (Å²) in [6.45, 7) is 1.78. The molecule has 0 heterocycles. The summed E-state index contributed by atoms with van der Waals surface area (Å²) >= 11 is 6.08. The van der Waals surface area contributed by atoms with Crippen LogP contribution in [-0.2, 0) is 11.2 Å². The van der Waals surface area contributed by atoms with Crippen LogP contribution >= 0.6 is 11.6 Å². The summed E-state index contributed by atoms with van der Waals surface area (Å²) in [5.41, 5.74) is 6.07. The Kier molecular flexibility index (Phi) is 3.97. The van der Waals surface area contributed by atoms with Crippen molar-refractivity contribution < 1.29 is 9.53 Å². The molecule has 0 bridgehead atoms. The molecule has 4 heteroatoms. The molecule has 15 heavy (non-hydrogen) atoms. The zero-order valence-corrected chi connectivity index (χ0v) is 9.54. The van der Waals surface area contributed by atoms with E-state index in [1.807, 2.05) is 12.1 Å². The lowest BCUT2D eigenvalue weighted by Gasteiger charge is -2.11. The third-order valence-electron chi connectivity index (χ3n) is 2.27. The van der Waals surface area contributed by atoms with Gasteiger partial charge in [-0.2, -0.15) is 0 Å². The van der Waals surface area contributed by atoms with Crippen molar-refractivity contribution in [2.45, 2.75) is 13.3 Å². The van der Waals surface area contributed by atoms with Crippen molar-refractivity contribution in [2.24, 2.45) is 11.7 Å². The molecule has 0 saturated heterocycles. The molecule has 0 aliphatic heterocycles. The molecule has 1 aromatic rings. The molecule has 0 fully saturated rings. The molecule has 3 nitrogen and oxygen atoms in total. The molecule has 1 amide bonds. The number of hydrogen-bond acceptors (Lipinski definition) is 2. The lowest BCUT2D eigenvalue weighted by atomic mass is 10.0. The number of benzene rings is 1. The summed E-state index contributed by atoms with van der Waals surface area (Å²) in [4.78, 5) is 10.9. The highest BCUT2D eigenvalue weighted by Crippen LogP contribution is 2.29. The number of rotatable bonds is 4. The van der Waals surface area contributed by atoms with E-state index in [2.05, 4.69) is 0 Å². The van der Waals surface area contributed by atoms with Gasteiger partial charge in [-0.1, -0.05) is 30.7 Å². The summed E-state index contributed by atoms with van der Waals surface area (Å²) in [5.74, 6) is 0.0642. The van der Waals surface area contributed by atoms with Crippen molar-refractivity contribution in [3.05, 3.63) is 28.8 Å². The number of halogens is 1. The van der Waals surface area contributed by atoms with E-state index in [0.717, 1.165) is 5.56 Å². The molecule has 0 spiro atoms. The topological polar surface area (TPSA) is 52.3 Å². The van der Waals surface area contributed by atoms with Crippen molar-refractivity contribution in [1.82, 2.24) is 0 Å². The molecular formula is C11H14ClNO2. The number of amides is 1. The van der Waals surface area contributed by atoms with Gasteiger partial charge in [-0.05, 0) is 18.1 Å². The van der Waals surface area contributed by atoms with Crippen LogP contribution in [0, 0.1) is 5.92 Å². The summed E-state index contributed by atoms with van der Waals surface area (Å²) in [7, 11) is 1.56. The fourth-order valence-electron chi connectivity index (χ4n) is 1.30. The predicted molar refractivity (Wildman–Crippen MR) is 60.1 cm³/mol. The van der Waals surface area contributed by atoms with Gasteiger partial charge in [0.25, 0.3) is 0 Å². The van der Waals surface area contributed by atoms with Gasteiger partial charge < -0.3 is 10.5 Å². The molecule has 2 N–H and O–H groups in total. The van der Waals surface area contributed by atoms with Crippen LogP contribution in [0.2, 0.25) is 5.02 Å². The minimum Gasteiger partial charge on any atom is -0.495 e. The summed E-state index contributed by atoms with van der Waals surface area (Å²) in [6.07, 6.45) is 0.533. The number of nitrogens with two attached hydrogens (primary N) is 1. The molecule has 1 aromatic carbocycles. The summed E-state index contributed by atoms with van der Waals surface area (Å²) in [5, 5.41) is 0.549. The van der Waals surface area contributed by atoms with Crippen LogP contribution in [0.1, 0.15) is 12.5 Å². The Morgan fingerprint density at radius 2 is 2.27 bits per heavy atom. The maximum absolute atomic E-state index is 10.9. The van der Waals surface area contributed by atoms with E-state index in [4.69, 9.17) is 22.1 Å². The normalized spacial score (nSPS) is 12.2. The van der Waals surface area contributed by atoms with Gasteiger partial charge in [-0.3, -0.25) is 4.79 Å². The van der Waals surface area contributed by atoms with Crippen molar-refractivity contribution >= 4 is 17.5 Å². The van der Waals surface area contributed by atoms with Crippen LogP contribution < -0.4 is 10.5 Å². The quantitative estimate of drug-likeness (QED) is 0.856. The highest BCUT2D eigenvalue weighted by molar-refractivity contribution is 6.32. The third-order valence-corrected chi connectivity index (χ3v) is 2.70. The Bertz CT molecular complexity index is 366. The average Bonchev–Trinajstić information content (AvgIpc) is 2.21. The van der Waals surface area contributed by atoms with Crippen LogP contribution in [0.25, 0.3) is 0 Å². The first-order chi connectivity index (χ1) is 7.06. The Labute approximate surface area is 94.2 Å². The zero-order valence-electron chi connectivity index (χ0n) is 8.79. The molecule has 0 radical (unpaired) electrons. The molecule has 0 saturated carbocycles.